The van der Waals surface area contributed by atoms with Crippen LogP contribution in [0.4, 0.5) is 5.69 Å². The Kier molecular flexibility index (Phi) is 5.90. The van der Waals surface area contributed by atoms with E-state index >= 15 is 0 Å². The Morgan fingerprint density at radius 3 is 2.29 bits per heavy atom. The van der Waals surface area contributed by atoms with Crippen molar-refractivity contribution in [1.29, 1.82) is 0 Å². The van der Waals surface area contributed by atoms with Crippen molar-refractivity contribution in [1.82, 2.24) is 4.98 Å². The summed E-state index contributed by atoms with van der Waals surface area (Å²) in [5, 5.41) is 17.3. The zero-order chi connectivity index (χ0) is 26.5. The van der Waals surface area contributed by atoms with Crippen LogP contribution in [0.3, 0.4) is 0 Å². The molecule has 1 aromatic heterocycles. The molecule has 1 atom stereocenters. The number of anilines is 1. The van der Waals surface area contributed by atoms with E-state index in [-0.39, 0.29) is 6.23 Å². The molecule has 0 amide bonds. The van der Waals surface area contributed by atoms with Crippen molar-refractivity contribution in [2.24, 2.45) is 0 Å². The number of ether oxygens (including phenoxy) is 1. The Hall–Kier alpha value is -3.87. The van der Waals surface area contributed by atoms with E-state index in [9.17, 15) is 5.11 Å². The molecule has 1 unspecified atom stereocenters. The summed E-state index contributed by atoms with van der Waals surface area (Å²) in [5.74, 6) is 0.843. The lowest BCUT2D eigenvalue weighted by Crippen LogP contribution is -2.49. The molecule has 4 aromatic carbocycles. The lowest BCUT2D eigenvalue weighted by molar-refractivity contribution is -0.0893. The third-order valence-corrected chi connectivity index (χ3v) is 7.75. The van der Waals surface area contributed by atoms with Crippen LogP contribution < -0.4 is 15.5 Å². The van der Waals surface area contributed by atoms with Crippen LogP contribution >= 0.6 is 0 Å². The first kappa shape index (κ1) is 24.5. The van der Waals surface area contributed by atoms with Crippen LogP contribution in [0.15, 0.2) is 91.0 Å². The number of aliphatic hydroxyl groups is 1. The van der Waals surface area contributed by atoms with Crippen LogP contribution in [-0.2, 0) is 4.65 Å². The number of rotatable bonds is 6. The molecule has 1 aliphatic rings. The molecule has 5 nitrogen and oxygen atoms in total. The molecule has 0 aliphatic carbocycles. The number of hydrogen-bond acceptors (Lipinski definition) is 5. The Balaban J connectivity index is 1.40. The number of fused-ring (bicyclic) bond motifs is 5. The number of pyridine rings is 1. The molecule has 190 valence electrons. The van der Waals surface area contributed by atoms with Gasteiger partial charge < -0.3 is 19.8 Å². The minimum Gasteiger partial charge on any atom is -0.464 e. The fourth-order valence-corrected chi connectivity index (χ4v) is 4.75. The summed E-state index contributed by atoms with van der Waals surface area (Å²) in [6.07, 6.45) is -0.236. The third-order valence-electron chi connectivity index (χ3n) is 7.75. The van der Waals surface area contributed by atoms with Gasteiger partial charge in [-0.1, -0.05) is 78.3 Å². The predicted molar refractivity (Wildman–Crippen MR) is 156 cm³/mol. The smallest absolute Gasteiger partial charge is 0.309 e. The minimum absolute atomic E-state index is 0.236. The van der Waals surface area contributed by atoms with Crippen LogP contribution in [0, 0.1) is 0 Å². The van der Waals surface area contributed by atoms with Crippen molar-refractivity contribution < 1.29 is 14.5 Å². The van der Waals surface area contributed by atoms with Gasteiger partial charge in [0.2, 0.25) is 0 Å². The molecule has 0 bridgehead atoms. The van der Waals surface area contributed by atoms with E-state index in [2.05, 4.69) is 66.0 Å². The van der Waals surface area contributed by atoms with Crippen LogP contribution in [-0.4, -0.2) is 28.8 Å². The molecule has 1 aliphatic heterocycles. The average Bonchev–Trinajstić information content (AvgIpc) is 3.36. The third kappa shape index (κ3) is 4.30. The van der Waals surface area contributed by atoms with Crippen molar-refractivity contribution in [2.45, 2.75) is 45.1 Å². The van der Waals surface area contributed by atoms with Crippen LogP contribution in [0.1, 0.15) is 39.5 Å². The van der Waals surface area contributed by atoms with E-state index in [1.54, 1.807) is 13.8 Å². The zero-order valence-corrected chi connectivity index (χ0v) is 22.2. The van der Waals surface area contributed by atoms with Crippen LogP contribution in [0.5, 0.6) is 5.75 Å². The highest BCUT2D eigenvalue weighted by Crippen LogP contribution is 2.46. The van der Waals surface area contributed by atoms with Crippen molar-refractivity contribution in [3.05, 3.63) is 96.6 Å². The Morgan fingerprint density at radius 1 is 0.842 bits per heavy atom. The maximum absolute atomic E-state index is 10.4. The summed E-state index contributed by atoms with van der Waals surface area (Å²) in [6.45, 7) is 7.35. The molecule has 5 aromatic rings. The quantitative estimate of drug-likeness (QED) is 0.217. The average molecular weight is 502 g/mol. The zero-order valence-electron chi connectivity index (χ0n) is 22.2. The summed E-state index contributed by atoms with van der Waals surface area (Å²) in [6, 6.07) is 30.9. The van der Waals surface area contributed by atoms with Crippen LogP contribution in [0.2, 0.25) is 0 Å². The van der Waals surface area contributed by atoms with Gasteiger partial charge in [0.25, 0.3) is 0 Å². The monoisotopic (exact) mass is 502 g/mol. The minimum atomic E-state index is -0.946. The van der Waals surface area contributed by atoms with E-state index in [1.807, 2.05) is 44.2 Å². The van der Waals surface area contributed by atoms with Gasteiger partial charge in [-0.25, -0.2) is 4.98 Å². The fourth-order valence-electron chi connectivity index (χ4n) is 4.75. The van der Waals surface area contributed by atoms with Gasteiger partial charge in [-0.2, -0.15) is 0 Å². The number of benzene rings is 4. The maximum Gasteiger partial charge on any atom is 0.309 e. The van der Waals surface area contributed by atoms with E-state index in [0.717, 1.165) is 55.4 Å². The molecule has 38 heavy (non-hydrogen) atoms. The summed E-state index contributed by atoms with van der Waals surface area (Å²) >= 11 is 0. The van der Waals surface area contributed by atoms with Gasteiger partial charge in [-0.3, -0.25) is 0 Å². The highest BCUT2D eigenvalue weighted by atomic mass is 16.5. The Morgan fingerprint density at radius 2 is 1.55 bits per heavy atom. The van der Waals surface area contributed by atoms with Gasteiger partial charge in [0.1, 0.15) is 5.75 Å². The van der Waals surface area contributed by atoms with Crippen LogP contribution in [0.25, 0.3) is 32.9 Å². The number of nitrogens with zero attached hydrogens (tertiary/aromatic N) is 1. The Labute approximate surface area is 223 Å². The second kappa shape index (κ2) is 9.16. The Bertz CT molecular complexity index is 1630. The number of nitrogens with one attached hydrogen (secondary N) is 1. The van der Waals surface area contributed by atoms with Gasteiger partial charge in [0, 0.05) is 27.3 Å². The van der Waals surface area contributed by atoms with Gasteiger partial charge in [-0.15, -0.1) is 0 Å². The topological polar surface area (TPSA) is 63.6 Å². The van der Waals surface area contributed by atoms with Crippen molar-refractivity contribution in [3.63, 3.8) is 0 Å². The number of aromatic nitrogens is 1. The van der Waals surface area contributed by atoms with E-state index in [1.165, 1.54) is 0 Å². The van der Waals surface area contributed by atoms with Gasteiger partial charge >= 0.3 is 7.48 Å². The van der Waals surface area contributed by atoms with E-state index in [4.69, 9.17) is 14.4 Å². The second-order valence-corrected chi connectivity index (χ2v) is 10.9. The molecule has 6 heteroatoms. The number of hydrogen-bond donors (Lipinski definition) is 2. The number of para-hydroxylation sites is 1. The molecule has 2 N–H and O–H groups in total. The second-order valence-electron chi connectivity index (χ2n) is 10.9. The molecular weight excluding hydrogens is 471 g/mol. The largest absolute Gasteiger partial charge is 0.464 e. The van der Waals surface area contributed by atoms with E-state index < -0.39 is 11.2 Å². The molecule has 0 saturated heterocycles. The summed E-state index contributed by atoms with van der Waals surface area (Å²) in [4.78, 5) is 5.09. The molecule has 0 fully saturated rings. The SMILES string of the molecule is CC(C)(O)C(C)(C)OBc1ccc(-c2nc3ccccc3c3c4c(ccc23)OC(c2ccccc2)N4)cc1. The van der Waals surface area contributed by atoms with Crippen molar-refractivity contribution in [2.75, 3.05) is 5.32 Å². The summed E-state index contributed by atoms with van der Waals surface area (Å²) < 4.78 is 12.4. The standard InChI is InChI=1S/C32H31BN2O3/c1-31(2,36)32(3,4)38-33-22-16-14-20(15-17-22)28-24-18-19-26-29(27(24)23-12-8-9-13-25(23)34-28)35-30(37-26)21-10-6-5-7-11-21/h5-19,30,33,35-36H,1-4H3. The molecule has 0 spiro atoms. The normalized spacial score (nSPS) is 15.2. The van der Waals surface area contributed by atoms with Crippen molar-refractivity contribution >= 4 is 40.3 Å². The molecule has 0 saturated carbocycles. The summed E-state index contributed by atoms with van der Waals surface area (Å²) in [7, 11) is 0.415. The molecular formula is C32H31BN2O3. The molecule has 0 radical (unpaired) electrons. The molecule has 2 heterocycles. The first-order chi connectivity index (χ1) is 18.2. The lowest BCUT2D eigenvalue weighted by atomic mass is 9.82. The molecule has 6 rings (SSSR count). The predicted octanol–water partition coefficient (Wildman–Crippen LogP) is 6.10. The first-order valence-corrected chi connectivity index (χ1v) is 13.0. The summed E-state index contributed by atoms with van der Waals surface area (Å²) in [5.41, 5.74) is 4.40. The van der Waals surface area contributed by atoms with Gasteiger partial charge in [-0.05, 0) is 45.9 Å². The van der Waals surface area contributed by atoms with Crippen molar-refractivity contribution in [3.8, 4) is 17.0 Å². The lowest BCUT2D eigenvalue weighted by Gasteiger charge is -2.37. The van der Waals surface area contributed by atoms with E-state index in [0.29, 0.717) is 7.48 Å². The van der Waals surface area contributed by atoms with Gasteiger partial charge in [0.05, 0.1) is 28.1 Å². The first-order valence-electron chi connectivity index (χ1n) is 13.0. The highest BCUT2D eigenvalue weighted by Gasteiger charge is 2.35. The maximum atomic E-state index is 10.4. The fraction of sp³-hybridized carbons (Fsp3) is 0.219. The highest BCUT2D eigenvalue weighted by molar-refractivity contribution is 6.47. The van der Waals surface area contributed by atoms with Gasteiger partial charge in [0.15, 0.2) is 6.23 Å².